The van der Waals surface area contributed by atoms with Gasteiger partial charge in [0.15, 0.2) is 11.5 Å². The van der Waals surface area contributed by atoms with Crippen molar-refractivity contribution in [2.75, 3.05) is 0 Å². The molecule has 0 unspecified atom stereocenters. The first-order chi connectivity index (χ1) is 17.1. The summed E-state index contributed by atoms with van der Waals surface area (Å²) in [6.45, 7) is 0.386. The third-order valence-corrected chi connectivity index (χ3v) is 6.14. The van der Waals surface area contributed by atoms with Gasteiger partial charge in [-0.3, -0.25) is 0 Å². The Morgan fingerprint density at radius 3 is 2.37 bits per heavy atom. The molecule has 3 heterocycles. The van der Waals surface area contributed by atoms with Crippen molar-refractivity contribution in [2.45, 2.75) is 6.61 Å². The van der Waals surface area contributed by atoms with Crippen molar-refractivity contribution in [2.24, 2.45) is 4.99 Å². The highest BCUT2D eigenvalue weighted by Gasteiger charge is 2.26. The first-order valence-electron chi connectivity index (χ1n) is 10.5. The highest BCUT2D eigenvalue weighted by Crippen LogP contribution is 2.43. The van der Waals surface area contributed by atoms with Crippen molar-refractivity contribution >= 4 is 44.0 Å². The molecule has 0 aliphatic heterocycles. The van der Waals surface area contributed by atoms with Crippen molar-refractivity contribution in [3.63, 3.8) is 0 Å². The molecule has 5 rings (SSSR count). The predicted octanol–water partition coefficient (Wildman–Crippen LogP) is 8.53. The molecule has 0 spiro atoms. The first kappa shape index (κ1) is 23.0. The highest BCUT2D eigenvalue weighted by atomic mass is 79.9. The first-order valence-corrected chi connectivity index (χ1v) is 12.1. The van der Waals surface area contributed by atoms with Gasteiger partial charge in [-0.2, -0.15) is 5.26 Å². The normalized spacial score (nSPS) is 11.1. The Balaban J connectivity index is 1.55. The van der Waals surface area contributed by atoms with E-state index in [1.807, 2.05) is 42.5 Å². The Labute approximate surface area is 217 Å². The second-order valence-corrected chi connectivity index (χ2v) is 9.16. The lowest BCUT2D eigenvalue weighted by Crippen LogP contribution is -1.99. The fourth-order valence-corrected chi connectivity index (χ4v) is 4.91. The van der Waals surface area contributed by atoms with Gasteiger partial charge in [0.2, 0.25) is 5.88 Å². The van der Waals surface area contributed by atoms with Gasteiger partial charge in [-0.25, -0.2) is 4.99 Å². The van der Waals surface area contributed by atoms with E-state index in [9.17, 15) is 5.26 Å². The fourth-order valence-electron chi connectivity index (χ4n) is 3.54. The van der Waals surface area contributed by atoms with E-state index in [0.717, 1.165) is 14.5 Å². The third-order valence-electron chi connectivity index (χ3n) is 5.10. The van der Waals surface area contributed by atoms with Gasteiger partial charge in [-0.15, -0.1) is 0 Å². The molecule has 8 heteroatoms. The molecule has 3 aromatic heterocycles. The van der Waals surface area contributed by atoms with Crippen LogP contribution in [0.25, 0.3) is 22.8 Å². The zero-order valence-electron chi connectivity index (χ0n) is 18.1. The third kappa shape index (κ3) is 4.87. The molecule has 0 fully saturated rings. The van der Waals surface area contributed by atoms with Crippen LogP contribution < -0.4 is 4.74 Å². The lowest BCUT2D eigenvalue weighted by atomic mass is 10.1. The van der Waals surface area contributed by atoms with Gasteiger partial charge < -0.3 is 18.0 Å². The molecule has 0 amide bonds. The quantitative estimate of drug-likeness (QED) is 0.177. The Kier molecular flexibility index (Phi) is 6.70. The number of nitriles is 1. The minimum Gasteiger partial charge on any atom is -0.487 e. The van der Waals surface area contributed by atoms with Gasteiger partial charge in [0.1, 0.15) is 29.7 Å². The molecule has 6 nitrogen and oxygen atoms in total. The Hall–Kier alpha value is -3.80. The van der Waals surface area contributed by atoms with Crippen molar-refractivity contribution in [1.82, 2.24) is 0 Å². The van der Waals surface area contributed by atoms with Crippen molar-refractivity contribution in [3.8, 4) is 34.7 Å². The lowest BCUT2D eigenvalue weighted by molar-refractivity contribution is 0.304. The van der Waals surface area contributed by atoms with Crippen LogP contribution >= 0.6 is 31.9 Å². The highest BCUT2D eigenvalue weighted by molar-refractivity contribution is 9.11. The molecule has 0 saturated carbocycles. The zero-order valence-corrected chi connectivity index (χ0v) is 21.2. The summed E-state index contributed by atoms with van der Waals surface area (Å²) in [5.41, 5.74) is 2.45. The summed E-state index contributed by atoms with van der Waals surface area (Å²) < 4.78 is 24.8. The average Bonchev–Trinajstić information content (AvgIpc) is 3.63. The smallest absolute Gasteiger partial charge is 0.238 e. The summed E-state index contributed by atoms with van der Waals surface area (Å²) in [4.78, 5) is 4.53. The van der Waals surface area contributed by atoms with E-state index in [1.165, 1.54) is 12.5 Å². The molecule has 2 aromatic carbocycles. The van der Waals surface area contributed by atoms with Gasteiger partial charge in [0.25, 0.3) is 0 Å². The van der Waals surface area contributed by atoms with E-state index in [4.69, 9.17) is 18.0 Å². The number of hydrogen-bond donors (Lipinski definition) is 0. The monoisotopic (exact) mass is 590 g/mol. The van der Waals surface area contributed by atoms with Crippen LogP contribution in [-0.4, -0.2) is 6.21 Å². The van der Waals surface area contributed by atoms with E-state index in [1.54, 1.807) is 30.5 Å². The van der Waals surface area contributed by atoms with Crippen LogP contribution in [0.1, 0.15) is 16.7 Å². The van der Waals surface area contributed by atoms with E-state index in [2.05, 4.69) is 42.9 Å². The van der Waals surface area contributed by atoms with Crippen LogP contribution in [0, 0.1) is 11.3 Å². The molecule has 0 saturated heterocycles. The molecule has 0 atom stereocenters. The summed E-state index contributed by atoms with van der Waals surface area (Å²) in [5, 5.41) is 9.96. The Morgan fingerprint density at radius 2 is 1.69 bits per heavy atom. The van der Waals surface area contributed by atoms with Gasteiger partial charge in [0, 0.05) is 16.3 Å². The summed E-state index contributed by atoms with van der Waals surface area (Å²) in [5.74, 6) is 2.06. The number of nitrogens with zero attached hydrogens (tertiary/aromatic N) is 2. The van der Waals surface area contributed by atoms with Crippen LogP contribution in [0.2, 0.25) is 0 Å². The number of ether oxygens (including phenoxy) is 1. The fraction of sp³-hybridized carbons (Fsp3) is 0.0370. The van der Waals surface area contributed by atoms with Gasteiger partial charge in [0.05, 0.1) is 22.6 Å². The average molecular weight is 592 g/mol. The molecule has 0 radical (unpaired) electrons. The largest absolute Gasteiger partial charge is 0.487 e. The number of furan rings is 3. The van der Waals surface area contributed by atoms with Gasteiger partial charge in [-0.05, 0) is 57.9 Å². The van der Waals surface area contributed by atoms with Crippen molar-refractivity contribution < 1.29 is 18.0 Å². The van der Waals surface area contributed by atoms with Crippen molar-refractivity contribution in [1.29, 1.82) is 5.26 Å². The molecule has 172 valence electrons. The van der Waals surface area contributed by atoms with Gasteiger partial charge >= 0.3 is 0 Å². The van der Waals surface area contributed by atoms with E-state index in [0.29, 0.717) is 40.8 Å². The molecular formula is C27H16Br2N2O4. The molecule has 0 bridgehead atoms. The minimum absolute atomic E-state index is 0.135. The minimum atomic E-state index is 0.135. The summed E-state index contributed by atoms with van der Waals surface area (Å²) in [6.07, 6.45) is 4.68. The maximum absolute atomic E-state index is 9.96. The van der Waals surface area contributed by atoms with Crippen LogP contribution in [-0.2, 0) is 6.61 Å². The SMILES string of the molecule is N#Cc1c(N=Cc2cc(Br)cc(Br)c2OCc2ccccc2)oc(-c2ccco2)c1-c1ccco1. The van der Waals surface area contributed by atoms with Crippen LogP contribution in [0.3, 0.4) is 0 Å². The number of hydrogen-bond acceptors (Lipinski definition) is 6. The lowest BCUT2D eigenvalue weighted by Gasteiger charge is -2.12. The molecule has 35 heavy (non-hydrogen) atoms. The molecule has 0 aliphatic carbocycles. The summed E-state index contributed by atoms with van der Waals surface area (Å²) in [7, 11) is 0. The summed E-state index contributed by atoms with van der Waals surface area (Å²) >= 11 is 7.09. The van der Waals surface area contributed by atoms with Gasteiger partial charge in [-0.1, -0.05) is 46.3 Å². The maximum atomic E-state index is 9.96. The number of benzene rings is 2. The van der Waals surface area contributed by atoms with Crippen LogP contribution in [0.5, 0.6) is 5.75 Å². The van der Waals surface area contributed by atoms with Crippen molar-refractivity contribution in [3.05, 3.63) is 105 Å². The second-order valence-electron chi connectivity index (χ2n) is 7.39. The number of halogens is 2. The molecular weight excluding hydrogens is 576 g/mol. The summed E-state index contributed by atoms with van der Waals surface area (Å²) in [6, 6.07) is 22.8. The Morgan fingerprint density at radius 1 is 0.943 bits per heavy atom. The van der Waals surface area contributed by atoms with E-state index < -0.39 is 0 Å². The Bertz CT molecular complexity index is 1510. The molecule has 0 aliphatic rings. The molecule has 0 N–H and O–H groups in total. The second kappa shape index (κ2) is 10.2. The van der Waals surface area contributed by atoms with E-state index >= 15 is 0 Å². The standard InChI is InChI=1S/C27H16Br2N2O4/c28-19-12-18(25(21(29)13-19)34-16-17-6-2-1-3-7-17)15-31-27-20(14-30)24(22-8-4-10-32-22)26(35-27)23-9-5-11-33-23/h1-13,15H,16H2. The topological polar surface area (TPSA) is 84.8 Å². The zero-order chi connectivity index (χ0) is 24.2. The van der Waals surface area contributed by atoms with Crippen LogP contribution in [0.15, 0.2) is 106 Å². The predicted molar refractivity (Wildman–Crippen MR) is 139 cm³/mol. The number of aliphatic imine (C=N–C) groups is 1. The maximum Gasteiger partial charge on any atom is 0.238 e. The molecule has 5 aromatic rings. The van der Waals surface area contributed by atoms with Crippen LogP contribution in [0.4, 0.5) is 5.88 Å². The number of rotatable bonds is 7. The van der Waals surface area contributed by atoms with E-state index in [-0.39, 0.29) is 11.4 Å².